The standard InChI is InChI=1S/C17H20N4O2S/c1-10-11(2)24-15(19-10)9-18-17(23)20-13-5-6-14-12(8-13)4-7-16(22)21(14)3/h5-6,8H,4,7,9H2,1-3H3,(H2,18,20,23). The average Bonchev–Trinajstić information content (AvgIpc) is 2.87. The second kappa shape index (κ2) is 6.60. The van der Waals surface area contributed by atoms with Crippen LogP contribution in [0, 0.1) is 13.8 Å². The Morgan fingerprint density at radius 1 is 1.33 bits per heavy atom. The minimum absolute atomic E-state index is 0.120. The zero-order valence-electron chi connectivity index (χ0n) is 14.0. The molecule has 3 amide bonds. The summed E-state index contributed by atoms with van der Waals surface area (Å²) in [5.41, 5.74) is 3.71. The van der Waals surface area contributed by atoms with E-state index in [0.717, 1.165) is 27.6 Å². The number of carbonyl (C=O) groups is 2. The quantitative estimate of drug-likeness (QED) is 0.899. The van der Waals surface area contributed by atoms with Crippen LogP contribution in [0.5, 0.6) is 0 Å². The SMILES string of the molecule is Cc1nc(CNC(=O)Nc2ccc3c(c2)CCC(=O)N3C)sc1C. The van der Waals surface area contributed by atoms with Crippen molar-refractivity contribution in [1.29, 1.82) is 0 Å². The van der Waals surface area contributed by atoms with Gasteiger partial charge >= 0.3 is 6.03 Å². The number of carbonyl (C=O) groups excluding carboxylic acids is 2. The summed E-state index contributed by atoms with van der Waals surface area (Å²) in [6.07, 6.45) is 1.20. The van der Waals surface area contributed by atoms with Gasteiger partial charge in [-0.2, -0.15) is 0 Å². The summed E-state index contributed by atoms with van der Waals surface area (Å²) in [4.78, 5) is 31.0. The van der Waals surface area contributed by atoms with Crippen LogP contribution in [0.15, 0.2) is 18.2 Å². The highest BCUT2D eigenvalue weighted by Crippen LogP contribution is 2.29. The molecule has 0 aliphatic carbocycles. The van der Waals surface area contributed by atoms with E-state index in [4.69, 9.17) is 0 Å². The lowest BCUT2D eigenvalue weighted by molar-refractivity contribution is -0.118. The topological polar surface area (TPSA) is 74.3 Å². The minimum atomic E-state index is -0.263. The van der Waals surface area contributed by atoms with E-state index < -0.39 is 0 Å². The van der Waals surface area contributed by atoms with Crippen LogP contribution in [0.25, 0.3) is 0 Å². The molecular formula is C17H20N4O2S. The molecular weight excluding hydrogens is 324 g/mol. The monoisotopic (exact) mass is 344 g/mol. The van der Waals surface area contributed by atoms with Crippen LogP contribution in [0.2, 0.25) is 0 Å². The number of amides is 3. The highest BCUT2D eigenvalue weighted by atomic mass is 32.1. The van der Waals surface area contributed by atoms with Gasteiger partial charge in [0.2, 0.25) is 5.91 Å². The number of hydrogen-bond donors (Lipinski definition) is 2. The Bertz CT molecular complexity index is 780. The molecule has 1 aliphatic rings. The molecule has 1 aromatic carbocycles. The number of rotatable bonds is 3. The molecule has 1 aliphatic heterocycles. The summed E-state index contributed by atoms with van der Waals surface area (Å²) >= 11 is 1.59. The number of anilines is 2. The first-order valence-electron chi connectivity index (χ1n) is 7.81. The molecule has 0 spiro atoms. The van der Waals surface area contributed by atoms with Crippen LogP contribution >= 0.6 is 11.3 Å². The second-order valence-corrected chi connectivity index (χ2v) is 7.14. The molecule has 1 aromatic heterocycles. The fourth-order valence-corrected chi connectivity index (χ4v) is 3.55. The molecule has 24 heavy (non-hydrogen) atoms. The average molecular weight is 344 g/mol. The van der Waals surface area contributed by atoms with Gasteiger partial charge in [-0.05, 0) is 44.0 Å². The molecule has 2 aromatic rings. The maximum absolute atomic E-state index is 12.1. The Labute approximate surface area is 144 Å². The summed E-state index contributed by atoms with van der Waals surface area (Å²) in [5.74, 6) is 0.120. The minimum Gasteiger partial charge on any atom is -0.331 e. The lowest BCUT2D eigenvalue weighted by atomic mass is 10.0. The Morgan fingerprint density at radius 3 is 2.83 bits per heavy atom. The third kappa shape index (κ3) is 3.41. The van der Waals surface area contributed by atoms with E-state index in [1.807, 2.05) is 32.0 Å². The van der Waals surface area contributed by atoms with Crippen molar-refractivity contribution >= 4 is 34.6 Å². The number of benzene rings is 1. The first-order chi connectivity index (χ1) is 11.4. The molecule has 0 unspecified atom stereocenters. The van der Waals surface area contributed by atoms with Crippen LogP contribution in [0.1, 0.15) is 27.6 Å². The van der Waals surface area contributed by atoms with E-state index in [2.05, 4.69) is 15.6 Å². The van der Waals surface area contributed by atoms with Crippen molar-refractivity contribution in [3.63, 3.8) is 0 Å². The highest BCUT2D eigenvalue weighted by molar-refractivity contribution is 7.11. The molecule has 126 valence electrons. The zero-order valence-corrected chi connectivity index (χ0v) is 14.8. The van der Waals surface area contributed by atoms with E-state index in [1.165, 1.54) is 4.88 Å². The van der Waals surface area contributed by atoms with E-state index >= 15 is 0 Å². The number of aromatic nitrogens is 1. The van der Waals surface area contributed by atoms with Gasteiger partial charge in [-0.3, -0.25) is 4.79 Å². The number of urea groups is 1. The first kappa shape index (κ1) is 16.4. The summed E-state index contributed by atoms with van der Waals surface area (Å²) in [5, 5.41) is 6.54. The molecule has 6 nitrogen and oxygen atoms in total. The maximum atomic E-state index is 12.1. The smallest absolute Gasteiger partial charge is 0.319 e. The molecule has 0 saturated carbocycles. The highest BCUT2D eigenvalue weighted by Gasteiger charge is 2.21. The van der Waals surface area contributed by atoms with Gasteiger partial charge in [-0.15, -0.1) is 11.3 Å². The molecule has 0 radical (unpaired) electrons. The number of aryl methyl sites for hydroxylation is 3. The molecule has 2 heterocycles. The van der Waals surface area contributed by atoms with Gasteiger partial charge < -0.3 is 15.5 Å². The van der Waals surface area contributed by atoms with Crippen molar-refractivity contribution in [3.05, 3.63) is 39.3 Å². The molecule has 0 fully saturated rings. The number of nitrogens with one attached hydrogen (secondary N) is 2. The fraction of sp³-hybridized carbons (Fsp3) is 0.353. The first-order valence-corrected chi connectivity index (χ1v) is 8.63. The number of thiazole rings is 1. The molecule has 0 saturated heterocycles. The summed E-state index contributed by atoms with van der Waals surface area (Å²) in [6.45, 7) is 4.39. The van der Waals surface area contributed by atoms with Gasteiger partial charge in [0, 0.05) is 29.7 Å². The van der Waals surface area contributed by atoms with Crippen molar-refractivity contribution in [1.82, 2.24) is 10.3 Å². The van der Waals surface area contributed by atoms with Crippen molar-refractivity contribution in [2.75, 3.05) is 17.3 Å². The van der Waals surface area contributed by atoms with Crippen molar-refractivity contribution in [2.24, 2.45) is 0 Å². The van der Waals surface area contributed by atoms with Crippen molar-refractivity contribution in [3.8, 4) is 0 Å². The predicted octanol–water partition coefficient (Wildman–Crippen LogP) is 2.99. The summed E-state index contributed by atoms with van der Waals surface area (Å²) < 4.78 is 0. The molecule has 0 atom stereocenters. The predicted molar refractivity (Wildman–Crippen MR) is 95.6 cm³/mol. The van der Waals surface area contributed by atoms with Gasteiger partial charge in [-0.1, -0.05) is 0 Å². The molecule has 0 bridgehead atoms. The fourth-order valence-electron chi connectivity index (χ4n) is 2.68. The third-order valence-electron chi connectivity index (χ3n) is 4.15. The van der Waals surface area contributed by atoms with Gasteiger partial charge in [0.25, 0.3) is 0 Å². The summed E-state index contributed by atoms with van der Waals surface area (Å²) in [6, 6.07) is 5.34. The van der Waals surface area contributed by atoms with Crippen LogP contribution in [0.3, 0.4) is 0 Å². The lowest BCUT2D eigenvalue weighted by Crippen LogP contribution is -2.31. The van der Waals surface area contributed by atoms with E-state index in [9.17, 15) is 9.59 Å². The van der Waals surface area contributed by atoms with Crippen molar-refractivity contribution in [2.45, 2.75) is 33.2 Å². The second-order valence-electron chi connectivity index (χ2n) is 5.85. The van der Waals surface area contributed by atoms with E-state index in [-0.39, 0.29) is 11.9 Å². The van der Waals surface area contributed by atoms with Gasteiger partial charge in [0.1, 0.15) is 5.01 Å². The zero-order chi connectivity index (χ0) is 17.3. The van der Waals surface area contributed by atoms with Gasteiger partial charge in [-0.25, -0.2) is 9.78 Å². The Morgan fingerprint density at radius 2 is 2.12 bits per heavy atom. The van der Waals surface area contributed by atoms with Crippen LogP contribution in [0.4, 0.5) is 16.2 Å². The molecule has 7 heteroatoms. The van der Waals surface area contributed by atoms with Crippen LogP contribution < -0.4 is 15.5 Å². The number of hydrogen-bond acceptors (Lipinski definition) is 4. The maximum Gasteiger partial charge on any atom is 0.319 e. The number of fused-ring (bicyclic) bond motifs is 1. The third-order valence-corrected chi connectivity index (χ3v) is 5.23. The van der Waals surface area contributed by atoms with E-state index in [0.29, 0.717) is 19.4 Å². The van der Waals surface area contributed by atoms with E-state index in [1.54, 1.807) is 23.3 Å². The Kier molecular flexibility index (Phi) is 4.53. The van der Waals surface area contributed by atoms with Gasteiger partial charge in [0.15, 0.2) is 0 Å². The van der Waals surface area contributed by atoms with Crippen molar-refractivity contribution < 1.29 is 9.59 Å². The normalized spacial score (nSPS) is 13.6. The molecule has 2 N–H and O–H groups in total. The Balaban J connectivity index is 1.61. The summed E-state index contributed by atoms with van der Waals surface area (Å²) in [7, 11) is 1.78. The molecule has 3 rings (SSSR count). The lowest BCUT2D eigenvalue weighted by Gasteiger charge is -2.26. The van der Waals surface area contributed by atoms with Gasteiger partial charge in [0.05, 0.1) is 12.2 Å². The van der Waals surface area contributed by atoms with Crippen LogP contribution in [-0.2, 0) is 17.8 Å². The van der Waals surface area contributed by atoms with Crippen LogP contribution in [-0.4, -0.2) is 24.0 Å². The number of nitrogens with zero attached hydrogens (tertiary/aromatic N) is 2. The Hall–Kier alpha value is -2.41. The largest absolute Gasteiger partial charge is 0.331 e.